The molecule has 2 rings (SSSR count). The van der Waals surface area contributed by atoms with Gasteiger partial charge in [-0.2, -0.15) is 0 Å². The average Bonchev–Trinajstić information content (AvgIpc) is 2.52. The molecule has 1 amide bonds. The summed E-state index contributed by atoms with van der Waals surface area (Å²) in [6, 6.07) is 15.6. The average molecular weight is 317 g/mol. The van der Waals surface area contributed by atoms with Gasteiger partial charge in [0.1, 0.15) is 0 Å². The quantitative estimate of drug-likeness (QED) is 0.823. The molecule has 3 nitrogen and oxygen atoms in total. The number of hydrogen-bond donors (Lipinski definition) is 1. The second kappa shape index (κ2) is 7.85. The first-order chi connectivity index (χ1) is 10.6. The van der Waals surface area contributed by atoms with Crippen LogP contribution in [0.1, 0.15) is 22.3 Å². The van der Waals surface area contributed by atoms with Crippen LogP contribution >= 0.6 is 11.6 Å². The Morgan fingerprint density at radius 3 is 2.41 bits per heavy atom. The van der Waals surface area contributed by atoms with Gasteiger partial charge in [0.15, 0.2) is 0 Å². The SMILES string of the molecule is CN(C)c1ccc(CCCNC(=O)c2ccccc2Cl)cc1. The molecule has 1 N–H and O–H groups in total. The van der Waals surface area contributed by atoms with Gasteiger partial charge >= 0.3 is 0 Å². The monoisotopic (exact) mass is 316 g/mol. The molecule has 0 bridgehead atoms. The third-order valence-corrected chi connectivity index (χ3v) is 3.83. The molecule has 2 aromatic carbocycles. The molecular formula is C18H21ClN2O. The van der Waals surface area contributed by atoms with E-state index in [4.69, 9.17) is 11.6 Å². The molecule has 0 aliphatic heterocycles. The molecule has 0 saturated heterocycles. The molecule has 0 radical (unpaired) electrons. The first-order valence-corrected chi connectivity index (χ1v) is 7.74. The van der Waals surface area contributed by atoms with Crippen molar-refractivity contribution in [3.63, 3.8) is 0 Å². The van der Waals surface area contributed by atoms with Crippen LogP contribution in [0.4, 0.5) is 5.69 Å². The second-order valence-electron chi connectivity index (χ2n) is 5.40. The molecule has 0 saturated carbocycles. The van der Waals surface area contributed by atoms with Gasteiger partial charge in [0.05, 0.1) is 10.6 Å². The van der Waals surface area contributed by atoms with Gasteiger partial charge in [-0.1, -0.05) is 35.9 Å². The van der Waals surface area contributed by atoms with Gasteiger partial charge in [-0.15, -0.1) is 0 Å². The number of halogens is 1. The predicted molar refractivity (Wildman–Crippen MR) is 92.9 cm³/mol. The van der Waals surface area contributed by atoms with Crippen molar-refractivity contribution in [2.45, 2.75) is 12.8 Å². The first kappa shape index (κ1) is 16.4. The highest BCUT2D eigenvalue weighted by Gasteiger charge is 2.08. The van der Waals surface area contributed by atoms with E-state index in [0.717, 1.165) is 12.8 Å². The van der Waals surface area contributed by atoms with Crippen LogP contribution in [0.15, 0.2) is 48.5 Å². The maximum absolute atomic E-state index is 12.0. The van der Waals surface area contributed by atoms with Crippen molar-refractivity contribution in [1.29, 1.82) is 0 Å². The number of carbonyl (C=O) groups is 1. The van der Waals surface area contributed by atoms with Gasteiger partial charge in [-0.05, 0) is 42.7 Å². The van der Waals surface area contributed by atoms with Crippen LogP contribution in [0, 0.1) is 0 Å². The number of carbonyl (C=O) groups excluding carboxylic acids is 1. The summed E-state index contributed by atoms with van der Waals surface area (Å²) < 4.78 is 0. The Morgan fingerprint density at radius 1 is 1.09 bits per heavy atom. The van der Waals surface area contributed by atoms with E-state index in [9.17, 15) is 4.79 Å². The fourth-order valence-electron chi connectivity index (χ4n) is 2.20. The largest absolute Gasteiger partial charge is 0.378 e. The van der Waals surface area contributed by atoms with E-state index < -0.39 is 0 Å². The standard InChI is InChI=1S/C18H21ClN2O/c1-21(2)15-11-9-14(10-12-15)6-5-13-20-18(22)16-7-3-4-8-17(16)19/h3-4,7-12H,5-6,13H2,1-2H3,(H,20,22). The summed E-state index contributed by atoms with van der Waals surface area (Å²) in [7, 11) is 4.05. The molecule has 2 aromatic rings. The van der Waals surface area contributed by atoms with Crippen LogP contribution < -0.4 is 10.2 Å². The normalized spacial score (nSPS) is 10.3. The molecule has 0 heterocycles. The maximum atomic E-state index is 12.0. The lowest BCUT2D eigenvalue weighted by Crippen LogP contribution is -2.25. The van der Waals surface area contributed by atoms with Crippen LogP contribution in [-0.2, 0) is 6.42 Å². The molecule has 0 unspecified atom stereocenters. The molecular weight excluding hydrogens is 296 g/mol. The zero-order valence-electron chi connectivity index (χ0n) is 13.0. The van der Waals surface area contributed by atoms with Crippen molar-refractivity contribution in [1.82, 2.24) is 5.32 Å². The number of nitrogens with zero attached hydrogens (tertiary/aromatic N) is 1. The number of rotatable bonds is 6. The van der Waals surface area contributed by atoms with Gasteiger partial charge in [0.25, 0.3) is 5.91 Å². The summed E-state index contributed by atoms with van der Waals surface area (Å²) in [5.74, 6) is -0.117. The van der Waals surface area contributed by atoms with Crippen LogP contribution in [0.25, 0.3) is 0 Å². The van der Waals surface area contributed by atoms with E-state index in [1.807, 2.05) is 26.2 Å². The maximum Gasteiger partial charge on any atom is 0.252 e. The number of hydrogen-bond acceptors (Lipinski definition) is 2. The lowest BCUT2D eigenvalue weighted by molar-refractivity contribution is 0.0953. The minimum Gasteiger partial charge on any atom is -0.378 e. The number of amides is 1. The van der Waals surface area contributed by atoms with E-state index in [0.29, 0.717) is 17.1 Å². The zero-order chi connectivity index (χ0) is 15.9. The Labute approximate surface area is 136 Å². The Kier molecular flexibility index (Phi) is 5.84. The van der Waals surface area contributed by atoms with E-state index in [2.05, 4.69) is 34.5 Å². The van der Waals surface area contributed by atoms with Gasteiger partial charge < -0.3 is 10.2 Å². The van der Waals surface area contributed by atoms with E-state index in [1.54, 1.807) is 12.1 Å². The molecule has 0 aromatic heterocycles. The Morgan fingerprint density at radius 2 is 1.77 bits per heavy atom. The highest BCUT2D eigenvalue weighted by molar-refractivity contribution is 6.33. The van der Waals surface area contributed by atoms with Crippen molar-refractivity contribution in [2.24, 2.45) is 0 Å². The summed E-state index contributed by atoms with van der Waals surface area (Å²) in [6.07, 6.45) is 1.84. The van der Waals surface area contributed by atoms with Gasteiger partial charge in [-0.25, -0.2) is 0 Å². The van der Waals surface area contributed by atoms with E-state index in [-0.39, 0.29) is 5.91 Å². The van der Waals surface area contributed by atoms with Crippen molar-refractivity contribution in [3.05, 3.63) is 64.7 Å². The number of aryl methyl sites for hydroxylation is 1. The topological polar surface area (TPSA) is 32.3 Å². The summed E-state index contributed by atoms with van der Waals surface area (Å²) in [5, 5.41) is 3.39. The van der Waals surface area contributed by atoms with Crippen molar-refractivity contribution in [3.8, 4) is 0 Å². The summed E-state index contributed by atoms with van der Waals surface area (Å²) in [6.45, 7) is 0.638. The fourth-order valence-corrected chi connectivity index (χ4v) is 2.42. The van der Waals surface area contributed by atoms with Gasteiger partial charge in [0, 0.05) is 26.3 Å². The molecule has 0 aliphatic carbocycles. The van der Waals surface area contributed by atoms with Crippen LogP contribution in [0.2, 0.25) is 5.02 Å². The Bertz CT molecular complexity index is 623. The van der Waals surface area contributed by atoms with E-state index in [1.165, 1.54) is 11.3 Å². The smallest absolute Gasteiger partial charge is 0.252 e. The highest BCUT2D eigenvalue weighted by Crippen LogP contribution is 2.15. The zero-order valence-corrected chi connectivity index (χ0v) is 13.7. The number of nitrogens with one attached hydrogen (secondary N) is 1. The predicted octanol–water partition coefficient (Wildman–Crippen LogP) is 3.77. The molecule has 4 heteroatoms. The fraction of sp³-hybridized carbons (Fsp3) is 0.278. The number of anilines is 1. The van der Waals surface area contributed by atoms with Crippen molar-refractivity contribution < 1.29 is 4.79 Å². The molecule has 0 fully saturated rings. The molecule has 0 atom stereocenters. The number of benzene rings is 2. The van der Waals surface area contributed by atoms with Crippen LogP contribution in [0.5, 0.6) is 0 Å². The Hall–Kier alpha value is -2.00. The Balaban J connectivity index is 1.77. The van der Waals surface area contributed by atoms with E-state index >= 15 is 0 Å². The lowest BCUT2D eigenvalue weighted by atomic mass is 10.1. The van der Waals surface area contributed by atoms with Gasteiger partial charge in [0.2, 0.25) is 0 Å². The minimum absolute atomic E-state index is 0.117. The van der Waals surface area contributed by atoms with Crippen molar-refractivity contribution in [2.75, 3.05) is 25.5 Å². The summed E-state index contributed by atoms with van der Waals surface area (Å²) >= 11 is 6.00. The van der Waals surface area contributed by atoms with Crippen molar-refractivity contribution >= 4 is 23.2 Å². The second-order valence-corrected chi connectivity index (χ2v) is 5.81. The van der Waals surface area contributed by atoms with Crippen LogP contribution in [-0.4, -0.2) is 26.5 Å². The van der Waals surface area contributed by atoms with Gasteiger partial charge in [-0.3, -0.25) is 4.79 Å². The highest BCUT2D eigenvalue weighted by atomic mass is 35.5. The molecule has 0 aliphatic rings. The minimum atomic E-state index is -0.117. The molecule has 0 spiro atoms. The van der Waals surface area contributed by atoms with Crippen LogP contribution in [0.3, 0.4) is 0 Å². The lowest BCUT2D eigenvalue weighted by Gasteiger charge is -2.12. The first-order valence-electron chi connectivity index (χ1n) is 7.37. The summed E-state index contributed by atoms with van der Waals surface area (Å²) in [5.41, 5.74) is 2.99. The molecule has 22 heavy (non-hydrogen) atoms. The molecule has 116 valence electrons. The third-order valence-electron chi connectivity index (χ3n) is 3.50. The third kappa shape index (κ3) is 4.50. The summed E-state index contributed by atoms with van der Waals surface area (Å²) in [4.78, 5) is 14.1.